The Labute approximate surface area is 77.0 Å². The topological polar surface area (TPSA) is 71.2 Å². The molecule has 0 atom stereocenters. The molecule has 1 aromatic rings. The molecule has 0 bridgehead atoms. The lowest BCUT2D eigenvalue weighted by Gasteiger charge is -2.09. The van der Waals surface area contributed by atoms with Crippen molar-refractivity contribution < 1.29 is 10.2 Å². The molecule has 2 N–H and O–H groups in total. The molecule has 0 amide bonds. The van der Waals surface area contributed by atoms with Crippen molar-refractivity contribution in [3.63, 3.8) is 0 Å². The van der Waals surface area contributed by atoms with Crippen molar-refractivity contribution in [2.45, 2.75) is 19.9 Å². The average Bonchev–Trinajstić information content (AvgIpc) is 2.61. The Bertz CT molecular complexity index is 245. The number of aromatic nitrogens is 3. The Kier molecular flexibility index (Phi) is 3.85. The Balaban J connectivity index is 2.61. The van der Waals surface area contributed by atoms with Gasteiger partial charge in [-0.25, -0.2) is 4.98 Å². The van der Waals surface area contributed by atoms with Gasteiger partial charge in [-0.1, -0.05) is 0 Å². The highest BCUT2D eigenvalue weighted by Crippen LogP contribution is 2.04. The van der Waals surface area contributed by atoms with Gasteiger partial charge in [-0.15, -0.1) is 0 Å². The lowest BCUT2D eigenvalue weighted by Crippen LogP contribution is -2.17. The van der Waals surface area contributed by atoms with Crippen LogP contribution in [0, 0.1) is 5.92 Å². The van der Waals surface area contributed by atoms with E-state index < -0.39 is 0 Å². The molecular weight excluding hydrogens is 170 g/mol. The third-order valence-corrected chi connectivity index (χ3v) is 1.98. The number of aryl methyl sites for hydroxylation is 1. The van der Waals surface area contributed by atoms with E-state index in [0.717, 1.165) is 12.4 Å². The Morgan fingerprint density at radius 3 is 2.69 bits per heavy atom. The molecular formula is C8H15N3O2. The summed E-state index contributed by atoms with van der Waals surface area (Å²) in [6, 6.07) is 0. The smallest absolute Gasteiger partial charge is 0.138 e. The van der Waals surface area contributed by atoms with Gasteiger partial charge >= 0.3 is 0 Å². The molecule has 0 aliphatic rings. The minimum absolute atomic E-state index is 0.0208. The first-order valence-electron chi connectivity index (χ1n) is 4.40. The standard InChI is InChI=1S/C8H15N3O2/c1-2-11-8(9-6-10-11)3-7(4-12)5-13/h6-7,12-13H,2-5H2,1H3. The van der Waals surface area contributed by atoms with E-state index in [0.29, 0.717) is 6.42 Å². The van der Waals surface area contributed by atoms with Gasteiger partial charge in [-0.05, 0) is 6.92 Å². The summed E-state index contributed by atoms with van der Waals surface area (Å²) in [5, 5.41) is 21.7. The second-order valence-corrected chi connectivity index (χ2v) is 2.93. The van der Waals surface area contributed by atoms with Crippen LogP contribution < -0.4 is 0 Å². The van der Waals surface area contributed by atoms with E-state index in [1.165, 1.54) is 6.33 Å². The first-order valence-corrected chi connectivity index (χ1v) is 4.40. The summed E-state index contributed by atoms with van der Waals surface area (Å²) in [5.41, 5.74) is 0. The minimum atomic E-state index is -0.130. The highest BCUT2D eigenvalue weighted by molar-refractivity contribution is 4.86. The predicted molar refractivity (Wildman–Crippen MR) is 47.1 cm³/mol. The van der Waals surface area contributed by atoms with Gasteiger partial charge in [-0.3, -0.25) is 4.68 Å². The molecule has 0 fully saturated rings. The van der Waals surface area contributed by atoms with Gasteiger partial charge in [0.05, 0.1) is 0 Å². The van der Waals surface area contributed by atoms with Crippen LogP contribution in [0.25, 0.3) is 0 Å². The van der Waals surface area contributed by atoms with Crippen molar-refractivity contribution >= 4 is 0 Å². The van der Waals surface area contributed by atoms with Crippen LogP contribution in [0.1, 0.15) is 12.7 Å². The third-order valence-electron chi connectivity index (χ3n) is 1.98. The molecule has 1 aromatic heterocycles. The van der Waals surface area contributed by atoms with E-state index in [-0.39, 0.29) is 19.1 Å². The van der Waals surface area contributed by atoms with Crippen molar-refractivity contribution in [1.82, 2.24) is 14.8 Å². The number of nitrogens with zero attached hydrogens (tertiary/aromatic N) is 3. The quantitative estimate of drug-likeness (QED) is 0.645. The SMILES string of the molecule is CCn1ncnc1CC(CO)CO. The summed E-state index contributed by atoms with van der Waals surface area (Å²) in [7, 11) is 0. The molecule has 0 radical (unpaired) electrons. The van der Waals surface area contributed by atoms with Crippen LogP contribution in [0.15, 0.2) is 6.33 Å². The maximum Gasteiger partial charge on any atom is 0.138 e. The minimum Gasteiger partial charge on any atom is -0.396 e. The largest absolute Gasteiger partial charge is 0.396 e. The first-order chi connectivity index (χ1) is 6.31. The van der Waals surface area contributed by atoms with Crippen LogP contribution in [0.3, 0.4) is 0 Å². The van der Waals surface area contributed by atoms with E-state index in [4.69, 9.17) is 10.2 Å². The van der Waals surface area contributed by atoms with Gasteiger partial charge in [0.25, 0.3) is 0 Å². The number of aliphatic hydroxyl groups is 2. The van der Waals surface area contributed by atoms with Crippen molar-refractivity contribution in [3.05, 3.63) is 12.2 Å². The van der Waals surface area contributed by atoms with Gasteiger partial charge < -0.3 is 10.2 Å². The van der Waals surface area contributed by atoms with Crippen LogP contribution in [0.4, 0.5) is 0 Å². The molecule has 0 aliphatic heterocycles. The van der Waals surface area contributed by atoms with E-state index in [2.05, 4.69) is 10.1 Å². The molecule has 5 nitrogen and oxygen atoms in total. The first kappa shape index (κ1) is 10.1. The molecule has 0 aromatic carbocycles. The lowest BCUT2D eigenvalue weighted by atomic mass is 10.1. The number of rotatable bonds is 5. The van der Waals surface area contributed by atoms with Gasteiger partial charge in [-0.2, -0.15) is 5.10 Å². The van der Waals surface area contributed by atoms with Gasteiger partial charge in [0, 0.05) is 32.1 Å². The Morgan fingerprint density at radius 2 is 2.15 bits per heavy atom. The van der Waals surface area contributed by atoms with Crippen LogP contribution >= 0.6 is 0 Å². The van der Waals surface area contributed by atoms with Crippen molar-refractivity contribution in [2.24, 2.45) is 5.92 Å². The normalized spacial score (nSPS) is 11.1. The Morgan fingerprint density at radius 1 is 1.46 bits per heavy atom. The third kappa shape index (κ3) is 2.50. The molecule has 13 heavy (non-hydrogen) atoms. The zero-order valence-electron chi connectivity index (χ0n) is 7.72. The van der Waals surface area contributed by atoms with E-state index >= 15 is 0 Å². The molecule has 0 unspecified atom stereocenters. The predicted octanol–water partition coefficient (Wildman–Crippen LogP) is -0.559. The van der Waals surface area contributed by atoms with Gasteiger partial charge in [0.15, 0.2) is 0 Å². The van der Waals surface area contributed by atoms with E-state index in [1.54, 1.807) is 4.68 Å². The van der Waals surface area contributed by atoms with E-state index in [9.17, 15) is 0 Å². The van der Waals surface area contributed by atoms with Crippen molar-refractivity contribution in [2.75, 3.05) is 13.2 Å². The monoisotopic (exact) mass is 185 g/mol. The number of hydrogen-bond donors (Lipinski definition) is 2. The van der Waals surface area contributed by atoms with Crippen LogP contribution in [-0.2, 0) is 13.0 Å². The summed E-state index contributed by atoms with van der Waals surface area (Å²) < 4.78 is 1.76. The van der Waals surface area contributed by atoms with Crippen LogP contribution in [0.2, 0.25) is 0 Å². The molecule has 5 heteroatoms. The zero-order chi connectivity index (χ0) is 9.68. The Hall–Kier alpha value is -0.940. The van der Waals surface area contributed by atoms with Crippen LogP contribution in [0.5, 0.6) is 0 Å². The summed E-state index contributed by atoms with van der Waals surface area (Å²) in [4.78, 5) is 4.05. The molecule has 1 heterocycles. The molecule has 74 valence electrons. The lowest BCUT2D eigenvalue weighted by molar-refractivity contribution is 0.147. The summed E-state index contributed by atoms with van der Waals surface area (Å²) in [6.45, 7) is 2.70. The fraction of sp³-hybridized carbons (Fsp3) is 0.750. The maximum absolute atomic E-state index is 8.87. The molecule has 0 spiro atoms. The second kappa shape index (κ2) is 4.94. The maximum atomic E-state index is 8.87. The summed E-state index contributed by atoms with van der Waals surface area (Å²) >= 11 is 0. The highest BCUT2D eigenvalue weighted by atomic mass is 16.3. The fourth-order valence-corrected chi connectivity index (χ4v) is 1.16. The zero-order valence-corrected chi connectivity index (χ0v) is 7.72. The summed E-state index contributed by atoms with van der Waals surface area (Å²) in [6.07, 6.45) is 2.06. The number of hydrogen-bond acceptors (Lipinski definition) is 4. The molecule has 1 rings (SSSR count). The number of aliphatic hydroxyl groups excluding tert-OH is 2. The van der Waals surface area contributed by atoms with Gasteiger partial charge in [0.2, 0.25) is 0 Å². The average molecular weight is 185 g/mol. The second-order valence-electron chi connectivity index (χ2n) is 2.93. The van der Waals surface area contributed by atoms with Crippen molar-refractivity contribution in [3.8, 4) is 0 Å². The molecule has 0 aliphatic carbocycles. The highest BCUT2D eigenvalue weighted by Gasteiger charge is 2.11. The molecule has 0 saturated carbocycles. The fourth-order valence-electron chi connectivity index (χ4n) is 1.16. The van der Waals surface area contributed by atoms with Crippen molar-refractivity contribution in [1.29, 1.82) is 0 Å². The van der Waals surface area contributed by atoms with Gasteiger partial charge in [0.1, 0.15) is 12.2 Å². The summed E-state index contributed by atoms with van der Waals surface area (Å²) in [5.74, 6) is 0.685. The van der Waals surface area contributed by atoms with Crippen LogP contribution in [-0.4, -0.2) is 38.2 Å². The van der Waals surface area contributed by atoms with E-state index in [1.807, 2.05) is 6.92 Å². The molecule has 0 saturated heterocycles.